The van der Waals surface area contributed by atoms with Gasteiger partial charge in [-0.05, 0) is 11.8 Å². The molecule has 4 aliphatic heterocycles. The van der Waals surface area contributed by atoms with E-state index in [1.54, 1.807) is 0 Å². The first-order chi connectivity index (χ1) is 21.8. The maximum absolute atomic E-state index is 13.4. The van der Waals surface area contributed by atoms with Gasteiger partial charge in [-0.2, -0.15) is 4.98 Å². The molecule has 8 N–H and O–H groups in total. The van der Waals surface area contributed by atoms with Gasteiger partial charge in [0.1, 0.15) is 41.1 Å². The molecule has 4 aliphatic rings. The molecule has 8 heterocycles. The summed E-state index contributed by atoms with van der Waals surface area (Å²) >= 11 is 6.40. The largest absolute Gasteiger partial charge is 0.472 e. The van der Waals surface area contributed by atoms with Gasteiger partial charge < -0.3 is 40.4 Å². The van der Waals surface area contributed by atoms with Gasteiger partial charge in [-0.25, -0.2) is 24.5 Å². The summed E-state index contributed by atoms with van der Waals surface area (Å²) in [7, 11) is -4.87. The molecule has 4 saturated heterocycles. The van der Waals surface area contributed by atoms with Crippen LogP contribution in [0.3, 0.4) is 0 Å². The molecule has 21 nitrogen and oxygen atoms in total. The number of nitrogens with two attached hydrogens (primary N) is 2. The average molecular weight is 719 g/mol. The van der Waals surface area contributed by atoms with Crippen LogP contribution in [-0.4, -0.2) is 109 Å². The summed E-state index contributed by atoms with van der Waals surface area (Å²) in [6.07, 6.45) is -2.06. The van der Waals surface area contributed by atoms with E-state index in [1.807, 2.05) is 0 Å². The van der Waals surface area contributed by atoms with Gasteiger partial charge in [0.05, 0.1) is 43.8 Å². The van der Waals surface area contributed by atoms with Crippen LogP contribution in [0.4, 0.5) is 11.8 Å². The normalized spacial score (nSPS) is 39.7. The third-order valence-electron chi connectivity index (χ3n) is 8.05. The van der Waals surface area contributed by atoms with Crippen LogP contribution < -0.4 is 17.0 Å². The number of fused-ring (bicyclic) bond motifs is 4. The zero-order valence-corrected chi connectivity index (χ0v) is 26.4. The van der Waals surface area contributed by atoms with Crippen LogP contribution in [0.1, 0.15) is 11.6 Å². The number of hydrogen-bond acceptors (Lipinski definition) is 18. The Kier molecular flexibility index (Phi) is 7.13. The molecule has 0 saturated carbocycles. The van der Waals surface area contributed by atoms with Crippen LogP contribution in [0.2, 0.25) is 0 Å². The lowest BCUT2D eigenvalue weighted by Gasteiger charge is -2.33. The number of rotatable bonds is 2. The van der Waals surface area contributed by atoms with Crippen molar-refractivity contribution in [2.75, 3.05) is 31.3 Å². The van der Waals surface area contributed by atoms with E-state index in [0.29, 0.717) is 11.2 Å². The van der Waals surface area contributed by atoms with E-state index in [2.05, 4.69) is 29.9 Å². The van der Waals surface area contributed by atoms with Gasteiger partial charge in [-0.15, -0.1) is 11.8 Å². The Morgan fingerprint density at radius 3 is 2.65 bits per heavy atom. The molecule has 4 aromatic heterocycles. The fourth-order valence-corrected chi connectivity index (χ4v) is 10.1. The van der Waals surface area contributed by atoms with Crippen molar-refractivity contribution in [3.05, 3.63) is 29.3 Å². The van der Waals surface area contributed by atoms with E-state index < -0.39 is 80.2 Å². The minimum atomic E-state index is -4.87. The Hall–Kier alpha value is -2.63. The summed E-state index contributed by atoms with van der Waals surface area (Å²) < 4.78 is 51.3. The van der Waals surface area contributed by atoms with Gasteiger partial charge in [-0.3, -0.25) is 32.5 Å². The Balaban J connectivity index is 1.14. The van der Waals surface area contributed by atoms with Crippen molar-refractivity contribution >= 4 is 72.2 Å². The maximum Gasteiger partial charge on any atom is 0.472 e. The molecule has 0 radical (unpaired) electrons. The highest BCUT2D eigenvalue weighted by atomic mass is 32.5. The number of H-pyrrole nitrogens is 1. The van der Waals surface area contributed by atoms with E-state index in [1.165, 1.54) is 28.1 Å². The molecule has 0 amide bonds. The number of anilines is 2. The molecule has 3 unspecified atom stereocenters. The van der Waals surface area contributed by atoms with Gasteiger partial charge in [0.2, 0.25) is 5.95 Å². The predicted molar refractivity (Wildman–Crippen MR) is 159 cm³/mol. The van der Waals surface area contributed by atoms with Crippen molar-refractivity contribution in [3.63, 3.8) is 0 Å². The number of phosphoric acid groups is 1. The van der Waals surface area contributed by atoms with E-state index >= 15 is 0 Å². The van der Waals surface area contributed by atoms with Crippen LogP contribution in [0.25, 0.3) is 22.3 Å². The monoisotopic (exact) mass is 718 g/mol. The molecule has 46 heavy (non-hydrogen) atoms. The van der Waals surface area contributed by atoms with Gasteiger partial charge in [0.25, 0.3) is 5.56 Å². The fourth-order valence-electron chi connectivity index (χ4n) is 5.97. The van der Waals surface area contributed by atoms with E-state index in [0.717, 1.165) is 11.8 Å². The number of imidazole rings is 2. The van der Waals surface area contributed by atoms with Crippen LogP contribution in [0.15, 0.2) is 23.8 Å². The van der Waals surface area contributed by atoms with Gasteiger partial charge in [0.15, 0.2) is 28.9 Å². The molecule has 4 bridgehead atoms. The standard InChI is InChI=1S/C21H24N10O11P2S2/c22-14-8-15(25-4-24-14)30(5-26-8)18-12-13-21(40-18,2-37-12)3-39-44(36,45)41-11-10(32)7(1-38-43(34,35)42-13)46-19(11)31-6-27-9-16(31)28-20(23)29-17(9)33/h4-7,10-13,18-19,32H,1-3H2,(H,34,35)(H,36,45)(H2,22,24,25)(H3,23,28,29,33)/t7-,10-,11-,12-,13+,18-,19-,21?,44?/m1/s1. The number of nitrogens with zero attached hydrogens (tertiary/aromatic N) is 7. The van der Waals surface area contributed by atoms with E-state index in [-0.39, 0.29) is 29.5 Å². The Morgan fingerprint density at radius 1 is 1.04 bits per heavy atom. The average Bonchev–Trinajstić information content (AvgIpc) is 3.80. The molecule has 25 heteroatoms. The molecule has 0 spiro atoms. The van der Waals surface area contributed by atoms with Crippen LogP contribution in [0, 0.1) is 0 Å². The Labute approximate surface area is 265 Å². The summed E-state index contributed by atoms with van der Waals surface area (Å²) in [6, 6.07) is 0. The van der Waals surface area contributed by atoms with Gasteiger partial charge >= 0.3 is 14.5 Å². The molecule has 4 aromatic rings. The molecule has 246 valence electrons. The smallest absolute Gasteiger partial charge is 0.389 e. The zero-order valence-electron chi connectivity index (χ0n) is 23.0. The maximum atomic E-state index is 13.4. The SMILES string of the molecule is Nc1nc2c(ncn2[C@@H]2S[C@@H]3COP(=O)(O)O[C@H]4[C@H]5OCC4(COP(O)(=S)O[C@@H]2[C@@H]3O)O[C@H]5n2cnc3c(N)ncnc32)c(=O)[nH]1. The number of aromatic nitrogens is 8. The molecule has 8 rings (SSSR count). The highest BCUT2D eigenvalue weighted by Gasteiger charge is 2.66. The van der Waals surface area contributed by atoms with Crippen molar-refractivity contribution < 1.29 is 47.0 Å². The fraction of sp³-hybridized carbons (Fsp3) is 0.524. The summed E-state index contributed by atoms with van der Waals surface area (Å²) in [5.74, 6) is -0.0566. The van der Waals surface area contributed by atoms with Crippen LogP contribution >= 0.6 is 26.3 Å². The first-order valence-electron chi connectivity index (χ1n) is 13.4. The number of thioether (sulfide) groups is 1. The van der Waals surface area contributed by atoms with E-state index in [4.69, 9.17) is 50.8 Å². The second-order valence-corrected chi connectivity index (χ2v) is 16.4. The minimum absolute atomic E-state index is 0.0428. The lowest BCUT2D eigenvalue weighted by atomic mass is 10.0. The second kappa shape index (κ2) is 10.7. The lowest BCUT2D eigenvalue weighted by Crippen LogP contribution is -2.45. The summed E-state index contributed by atoms with van der Waals surface area (Å²) in [5.41, 5.74) is 10.1. The molecule has 4 fully saturated rings. The van der Waals surface area contributed by atoms with Crippen molar-refractivity contribution in [1.29, 1.82) is 0 Å². The minimum Gasteiger partial charge on any atom is -0.389 e. The number of hydrogen-bond donors (Lipinski definition) is 6. The van der Waals surface area contributed by atoms with Gasteiger partial charge in [-0.1, -0.05) is 0 Å². The van der Waals surface area contributed by atoms with Crippen molar-refractivity contribution in [2.24, 2.45) is 0 Å². The van der Waals surface area contributed by atoms with Crippen molar-refractivity contribution in [3.8, 4) is 0 Å². The number of aromatic amines is 1. The molecular formula is C21H24N10O11P2S2. The Bertz CT molecular complexity index is 2030. The highest BCUT2D eigenvalue weighted by Crippen LogP contribution is 2.59. The molecule has 0 aromatic carbocycles. The third-order valence-corrected chi connectivity index (χ3v) is 12.1. The number of aliphatic hydroxyl groups is 1. The van der Waals surface area contributed by atoms with E-state index in [9.17, 15) is 24.3 Å². The molecule has 0 aliphatic carbocycles. The Morgan fingerprint density at radius 2 is 1.83 bits per heavy atom. The van der Waals surface area contributed by atoms with Crippen molar-refractivity contribution in [1.82, 2.24) is 39.0 Å². The topological polar surface area (TPSA) is 292 Å². The third kappa shape index (κ3) is 4.89. The highest BCUT2D eigenvalue weighted by molar-refractivity contribution is 8.07. The van der Waals surface area contributed by atoms with Crippen LogP contribution in [0.5, 0.6) is 0 Å². The number of phosphoric ester groups is 1. The first kappa shape index (κ1) is 30.7. The summed E-state index contributed by atoms with van der Waals surface area (Å²) in [5, 5.41) is 9.42. The number of aliphatic hydroxyl groups excluding tert-OH is 1. The second-order valence-electron chi connectivity index (χ2n) is 10.9. The molecule has 10 atom stereocenters. The molecular weight excluding hydrogens is 694 g/mol. The van der Waals surface area contributed by atoms with Crippen molar-refractivity contribution in [2.45, 2.75) is 46.9 Å². The first-order valence-corrected chi connectivity index (χ1v) is 18.5. The number of nitrogens with one attached hydrogen (secondary N) is 1. The van der Waals surface area contributed by atoms with Gasteiger partial charge in [0, 0.05) is 0 Å². The summed E-state index contributed by atoms with van der Waals surface area (Å²) in [4.78, 5) is 57.5. The zero-order chi connectivity index (χ0) is 32.2. The quantitative estimate of drug-likeness (QED) is 0.134. The lowest BCUT2D eigenvalue weighted by molar-refractivity contribution is -0.183. The summed E-state index contributed by atoms with van der Waals surface area (Å²) in [6.45, 7) is -5.42. The number of ether oxygens (including phenoxy) is 2. The number of nitrogen functional groups attached to an aromatic ring is 2. The van der Waals surface area contributed by atoms with Crippen LogP contribution in [-0.2, 0) is 43.9 Å². The predicted octanol–water partition coefficient (Wildman–Crippen LogP) is -1.10.